The van der Waals surface area contributed by atoms with Gasteiger partial charge in [-0.2, -0.15) is 0 Å². The topological polar surface area (TPSA) is 91.0 Å². The summed E-state index contributed by atoms with van der Waals surface area (Å²) in [5.74, 6) is 0.521. The maximum absolute atomic E-state index is 12.8. The number of pyridine rings is 1. The number of piperidine rings is 1. The molecule has 0 radical (unpaired) electrons. The molecule has 2 aromatic rings. The Morgan fingerprint density at radius 2 is 1.96 bits per heavy atom. The maximum Gasteiger partial charge on any atom is 0.255 e. The average Bonchev–Trinajstić information content (AvgIpc) is 3.13. The molecule has 2 aromatic heterocycles. The first-order valence-electron chi connectivity index (χ1n) is 9.55. The van der Waals surface area contributed by atoms with Gasteiger partial charge in [-0.15, -0.1) is 0 Å². The Kier molecular flexibility index (Phi) is 4.78. The first-order valence-corrected chi connectivity index (χ1v) is 9.55. The number of carbonyl (C=O) groups is 1. The van der Waals surface area contributed by atoms with Gasteiger partial charge in [-0.05, 0) is 50.3 Å². The van der Waals surface area contributed by atoms with E-state index in [9.17, 15) is 9.59 Å². The molecule has 27 heavy (non-hydrogen) atoms. The summed E-state index contributed by atoms with van der Waals surface area (Å²) < 4.78 is 0. The van der Waals surface area contributed by atoms with Crippen LogP contribution in [-0.4, -0.2) is 51.9 Å². The second kappa shape index (κ2) is 7.23. The van der Waals surface area contributed by atoms with Gasteiger partial charge in [0.25, 0.3) is 5.56 Å². The first-order chi connectivity index (χ1) is 13.1. The molecule has 4 rings (SSSR count). The maximum atomic E-state index is 12.8. The van der Waals surface area contributed by atoms with Gasteiger partial charge in [0.15, 0.2) is 0 Å². The molecule has 2 aliphatic heterocycles. The number of aryl methyl sites for hydroxylation is 1. The summed E-state index contributed by atoms with van der Waals surface area (Å²) in [7, 11) is 0. The van der Waals surface area contributed by atoms with Gasteiger partial charge in [-0.3, -0.25) is 14.6 Å². The third-order valence-corrected chi connectivity index (χ3v) is 6.01. The molecule has 0 atom stereocenters. The van der Waals surface area contributed by atoms with Crippen molar-refractivity contribution in [3.63, 3.8) is 0 Å². The van der Waals surface area contributed by atoms with Crippen molar-refractivity contribution in [2.75, 3.05) is 26.2 Å². The largest absolute Gasteiger partial charge is 0.342 e. The van der Waals surface area contributed by atoms with Crippen LogP contribution < -0.4 is 10.9 Å². The van der Waals surface area contributed by atoms with E-state index in [4.69, 9.17) is 0 Å². The van der Waals surface area contributed by atoms with Crippen molar-refractivity contribution in [3.05, 3.63) is 46.1 Å². The lowest BCUT2D eigenvalue weighted by Gasteiger charge is -2.39. The zero-order valence-corrected chi connectivity index (χ0v) is 15.6. The monoisotopic (exact) mass is 367 g/mol. The van der Waals surface area contributed by atoms with E-state index in [2.05, 4.69) is 20.3 Å². The van der Waals surface area contributed by atoms with E-state index in [0.29, 0.717) is 22.5 Å². The number of H-pyrrole nitrogens is 1. The number of carbonyl (C=O) groups excluding carboxylic acids is 1. The quantitative estimate of drug-likeness (QED) is 0.853. The van der Waals surface area contributed by atoms with Gasteiger partial charge < -0.3 is 15.2 Å². The number of aromatic amines is 1. The summed E-state index contributed by atoms with van der Waals surface area (Å²) in [6, 6.07) is 3.59. The predicted octanol–water partition coefficient (Wildman–Crippen LogP) is 1.28. The van der Waals surface area contributed by atoms with Crippen LogP contribution in [-0.2, 0) is 11.2 Å². The van der Waals surface area contributed by atoms with E-state index in [0.717, 1.165) is 44.6 Å². The lowest BCUT2D eigenvalue weighted by Crippen LogP contribution is -2.45. The lowest BCUT2D eigenvalue weighted by molar-refractivity contribution is -0.132. The van der Waals surface area contributed by atoms with E-state index in [-0.39, 0.29) is 17.9 Å². The summed E-state index contributed by atoms with van der Waals surface area (Å²) in [5.41, 5.74) is 2.00. The van der Waals surface area contributed by atoms with Crippen molar-refractivity contribution in [1.29, 1.82) is 0 Å². The third-order valence-electron chi connectivity index (χ3n) is 6.01. The number of likely N-dealkylation sites (tertiary alicyclic amines) is 1. The molecule has 0 aromatic carbocycles. The Hall–Kier alpha value is -2.54. The minimum absolute atomic E-state index is 0.0165. The van der Waals surface area contributed by atoms with E-state index >= 15 is 0 Å². The molecule has 0 aliphatic carbocycles. The molecule has 2 aliphatic rings. The molecule has 0 bridgehead atoms. The molecule has 142 valence electrons. The molecule has 0 saturated carbocycles. The number of aromatic nitrogens is 3. The van der Waals surface area contributed by atoms with Gasteiger partial charge in [0.2, 0.25) is 5.91 Å². The molecule has 4 heterocycles. The van der Waals surface area contributed by atoms with Crippen LogP contribution in [0, 0.1) is 12.3 Å². The summed E-state index contributed by atoms with van der Waals surface area (Å²) in [5, 5.41) is 3.44. The Morgan fingerprint density at radius 3 is 2.59 bits per heavy atom. The SMILES string of the molecule is Cc1nc(-c2ccncc2)[nH]c(=O)c1CC(=O)N1CCC2(CCNC2)CC1. The van der Waals surface area contributed by atoms with Crippen LogP contribution in [0.15, 0.2) is 29.3 Å². The number of amides is 1. The standard InChI is InChI=1S/C20H25N5O2/c1-14-16(19(27)24-18(23-14)15-2-7-21-8-3-15)12-17(26)25-10-5-20(6-11-25)4-9-22-13-20/h2-3,7-8,22H,4-6,9-13H2,1H3,(H,23,24,27). The van der Waals surface area contributed by atoms with Crippen LogP contribution in [0.25, 0.3) is 11.4 Å². The molecular formula is C20H25N5O2. The van der Waals surface area contributed by atoms with E-state index in [1.165, 1.54) is 6.42 Å². The Labute approximate surface area is 158 Å². The van der Waals surface area contributed by atoms with Crippen molar-refractivity contribution in [2.45, 2.75) is 32.6 Å². The fraction of sp³-hybridized carbons (Fsp3) is 0.500. The predicted molar refractivity (Wildman–Crippen MR) is 102 cm³/mol. The Balaban J connectivity index is 1.46. The van der Waals surface area contributed by atoms with Crippen LogP contribution in [0.3, 0.4) is 0 Å². The van der Waals surface area contributed by atoms with Gasteiger partial charge in [0.1, 0.15) is 5.82 Å². The molecular weight excluding hydrogens is 342 g/mol. The van der Waals surface area contributed by atoms with Crippen LogP contribution in [0.4, 0.5) is 0 Å². The highest BCUT2D eigenvalue weighted by atomic mass is 16.2. The van der Waals surface area contributed by atoms with Crippen molar-refractivity contribution >= 4 is 5.91 Å². The van der Waals surface area contributed by atoms with Crippen LogP contribution >= 0.6 is 0 Å². The van der Waals surface area contributed by atoms with Crippen molar-refractivity contribution in [2.24, 2.45) is 5.41 Å². The second-order valence-electron chi connectivity index (χ2n) is 7.70. The molecule has 2 N–H and O–H groups in total. The van der Waals surface area contributed by atoms with Crippen LogP contribution in [0.1, 0.15) is 30.5 Å². The van der Waals surface area contributed by atoms with Gasteiger partial charge >= 0.3 is 0 Å². The zero-order chi connectivity index (χ0) is 18.9. The number of hydrogen-bond acceptors (Lipinski definition) is 5. The van der Waals surface area contributed by atoms with Gasteiger partial charge in [-0.1, -0.05) is 0 Å². The highest BCUT2D eigenvalue weighted by Gasteiger charge is 2.38. The highest BCUT2D eigenvalue weighted by molar-refractivity contribution is 5.79. The fourth-order valence-electron chi connectivity index (χ4n) is 4.18. The molecule has 7 heteroatoms. The van der Waals surface area contributed by atoms with Crippen molar-refractivity contribution < 1.29 is 4.79 Å². The normalized spacial score (nSPS) is 18.8. The Morgan fingerprint density at radius 1 is 1.22 bits per heavy atom. The molecule has 7 nitrogen and oxygen atoms in total. The number of nitrogens with one attached hydrogen (secondary N) is 2. The van der Waals surface area contributed by atoms with Crippen LogP contribution in [0.5, 0.6) is 0 Å². The minimum atomic E-state index is -0.240. The van der Waals surface area contributed by atoms with Gasteiger partial charge in [0, 0.05) is 48.8 Å². The van der Waals surface area contributed by atoms with Crippen LogP contribution in [0.2, 0.25) is 0 Å². The summed E-state index contributed by atoms with van der Waals surface area (Å²) in [4.78, 5) is 38.5. The molecule has 1 amide bonds. The van der Waals surface area contributed by atoms with E-state index in [1.54, 1.807) is 31.5 Å². The summed E-state index contributed by atoms with van der Waals surface area (Å²) in [6.45, 7) is 5.49. The third kappa shape index (κ3) is 3.64. The Bertz CT molecular complexity index is 877. The molecule has 1 spiro atoms. The highest BCUT2D eigenvalue weighted by Crippen LogP contribution is 2.36. The molecule has 2 fully saturated rings. The number of rotatable bonds is 3. The average molecular weight is 367 g/mol. The summed E-state index contributed by atoms with van der Waals surface area (Å²) in [6.07, 6.45) is 6.71. The van der Waals surface area contributed by atoms with E-state index in [1.807, 2.05) is 4.90 Å². The first kappa shape index (κ1) is 17.9. The minimum Gasteiger partial charge on any atom is -0.342 e. The van der Waals surface area contributed by atoms with Gasteiger partial charge in [0.05, 0.1) is 6.42 Å². The number of hydrogen-bond donors (Lipinski definition) is 2. The molecule has 2 saturated heterocycles. The number of nitrogens with zero attached hydrogens (tertiary/aromatic N) is 3. The van der Waals surface area contributed by atoms with E-state index < -0.39 is 0 Å². The zero-order valence-electron chi connectivity index (χ0n) is 15.6. The summed E-state index contributed by atoms with van der Waals surface area (Å²) >= 11 is 0. The van der Waals surface area contributed by atoms with Crippen molar-refractivity contribution in [3.8, 4) is 11.4 Å². The fourth-order valence-corrected chi connectivity index (χ4v) is 4.18. The molecule has 0 unspecified atom stereocenters. The second-order valence-corrected chi connectivity index (χ2v) is 7.70. The van der Waals surface area contributed by atoms with Crippen molar-refractivity contribution in [1.82, 2.24) is 25.2 Å². The smallest absolute Gasteiger partial charge is 0.255 e. The van der Waals surface area contributed by atoms with Gasteiger partial charge in [-0.25, -0.2) is 4.98 Å². The lowest BCUT2D eigenvalue weighted by atomic mass is 9.78.